The quantitative estimate of drug-likeness (QED) is 0.529. The lowest BCUT2D eigenvalue weighted by Gasteiger charge is -2.43. The predicted molar refractivity (Wildman–Crippen MR) is 137 cm³/mol. The minimum Gasteiger partial charge on any atom is -0.378 e. The van der Waals surface area contributed by atoms with Crippen molar-refractivity contribution in [1.82, 2.24) is 29.1 Å². The van der Waals surface area contributed by atoms with Gasteiger partial charge in [-0.2, -0.15) is 4.31 Å². The summed E-state index contributed by atoms with van der Waals surface area (Å²) in [4.78, 5) is 23.7. The number of aromatic nitrogens is 4. The molecule has 3 aromatic heterocycles. The van der Waals surface area contributed by atoms with Gasteiger partial charge in [-0.1, -0.05) is 0 Å². The molecule has 2 N–H and O–H groups in total. The minimum atomic E-state index is -3.20. The number of sulfonamides is 1. The number of ether oxygens (including phenoxy) is 1. The molecule has 11 nitrogen and oxygen atoms in total. The van der Waals surface area contributed by atoms with Crippen LogP contribution in [0, 0.1) is 0 Å². The van der Waals surface area contributed by atoms with Crippen LogP contribution in [0.1, 0.15) is 18.7 Å². The van der Waals surface area contributed by atoms with Crippen molar-refractivity contribution in [3.8, 4) is 11.4 Å². The van der Waals surface area contributed by atoms with Gasteiger partial charge in [-0.3, -0.25) is 4.90 Å². The van der Waals surface area contributed by atoms with Crippen LogP contribution in [0.15, 0.2) is 18.5 Å². The molecule has 0 amide bonds. The number of nitrogen functional groups attached to an aromatic ring is 1. The van der Waals surface area contributed by atoms with E-state index in [0.717, 1.165) is 35.7 Å². The van der Waals surface area contributed by atoms with E-state index in [0.29, 0.717) is 37.7 Å². The van der Waals surface area contributed by atoms with Crippen LogP contribution in [-0.2, 0) is 21.3 Å². The number of rotatable bonds is 5. The highest BCUT2D eigenvalue weighted by atomic mass is 32.2. The van der Waals surface area contributed by atoms with Gasteiger partial charge in [0.25, 0.3) is 0 Å². The zero-order valence-corrected chi connectivity index (χ0v) is 21.7. The molecule has 0 saturated carbocycles. The molecule has 0 radical (unpaired) electrons. The lowest BCUT2D eigenvalue weighted by atomic mass is 10.1. The lowest BCUT2D eigenvalue weighted by Crippen LogP contribution is -2.57. The monoisotopic (exact) mass is 518 g/mol. The van der Waals surface area contributed by atoms with E-state index in [9.17, 15) is 8.42 Å². The smallest absolute Gasteiger partial charge is 0.219 e. The van der Waals surface area contributed by atoms with Crippen molar-refractivity contribution in [2.24, 2.45) is 0 Å². The third-order valence-corrected chi connectivity index (χ3v) is 8.86. The number of piperazine rings is 1. The Morgan fingerprint density at radius 1 is 1.11 bits per heavy atom. The molecular weight excluding hydrogens is 488 g/mol. The summed E-state index contributed by atoms with van der Waals surface area (Å²) >= 11 is 1.70. The SMILES string of the molecule is C[C@@H]1CN(S(C)(=O)=O)C[C@H](C)N1Cc1cc2nc(-c3cnc(N)nc3)nc(N3CCOCC3)c2s1. The molecule has 0 spiro atoms. The first-order chi connectivity index (χ1) is 16.7. The van der Waals surface area contributed by atoms with Crippen LogP contribution in [0.5, 0.6) is 0 Å². The average molecular weight is 519 g/mol. The van der Waals surface area contributed by atoms with Gasteiger partial charge >= 0.3 is 0 Å². The predicted octanol–water partition coefficient (Wildman–Crippen LogP) is 1.42. The summed E-state index contributed by atoms with van der Waals surface area (Å²) in [6, 6.07) is 2.33. The first-order valence-corrected chi connectivity index (χ1v) is 14.3. The fourth-order valence-corrected chi connectivity index (χ4v) is 6.78. The van der Waals surface area contributed by atoms with Gasteiger partial charge < -0.3 is 15.4 Å². The maximum Gasteiger partial charge on any atom is 0.219 e. The topological polar surface area (TPSA) is 131 Å². The molecule has 2 aliphatic heterocycles. The Hall–Kier alpha value is -2.45. The maximum absolute atomic E-state index is 12.1. The van der Waals surface area contributed by atoms with Gasteiger partial charge in [-0.15, -0.1) is 11.3 Å². The van der Waals surface area contributed by atoms with E-state index in [4.69, 9.17) is 20.4 Å². The van der Waals surface area contributed by atoms with E-state index in [1.165, 1.54) is 11.1 Å². The molecule has 5 heterocycles. The van der Waals surface area contributed by atoms with Gasteiger partial charge in [0.05, 0.1) is 35.2 Å². The first-order valence-electron chi connectivity index (χ1n) is 11.6. The lowest BCUT2D eigenvalue weighted by molar-refractivity contribution is 0.0712. The Bertz CT molecular complexity index is 1300. The van der Waals surface area contributed by atoms with E-state index >= 15 is 0 Å². The second-order valence-corrected chi connectivity index (χ2v) is 12.3. The minimum absolute atomic E-state index is 0.103. The summed E-state index contributed by atoms with van der Waals surface area (Å²) in [5, 5.41) is 0. The Kier molecular flexibility index (Phi) is 6.61. The van der Waals surface area contributed by atoms with Crippen molar-refractivity contribution in [1.29, 1.82) is 0 Å². The summed E-state index contributed by atoms with van der Waals surface area (Å²) in [5.74, 6) is 1.66. The molecule has 2 aliphatic rings. The van der Waals surface area contributed by atoms with E-state index < -0.39 is 10.0 Å². The molecule has 13 heteroatoms. The van der Waals surface area contributed by atoms with E-state index in [-0.39, 0.29) is 18.0 Å². The van der Waals surface area contributed by atoms with Crippen LogP contribution in [0.25, 0.3) is 21.6 Å². The number of anilines is 2. The van der Waals surface area contributed by atoms with Crippen LogP contribution in [0.2, 0.25) is 0 Å². The van der Waals surface area contributed by atoms with Crippen molar-refractivity contribution in [3.63, 3.8) is 0 Å². The van der Waals surface area contributed by atoms with Crippen LogP contribution in [-0.4, -0.2) is 95.3 Å². The Morgan fingerprint density at radius 3 is 2.40 bits per heavy atom. The van der Waals surface area contributed by atoms with Gasteiger partial charge in [-0.25, -0.2) is 28.4 Å². The highest BCUT2D eigenvalue weighted by molar-refractivity contribution is 7.88. The molecule has 0 aliphatic carbocycles. The van der Waals surface area contributed by atoms with Crippen molar-refractivity contribution in [2.75, 3.05) is 56.3 Å². The third-order valence-electron chi connectivity index (χ3n) is 6.52. The van der Waals surface area contributed by atoms with Crippen molar-refractivity contribution >= 4 is 43.3 Å². The Morgan fingerprint density at radius 2 is 1.77 bits per heavy atom. The number of thiophene rings is 1. The van der Waals surface area contributed by atoms with Gasteiger partial charge in [0.15, 0.2) is 11.6 Å². The van der Waals surface area contributed by atoms with Gasteiger partial charge in [0.2, 0.25) is 16.0 Å². The summed E-state index contributed by atoms with van der Waals surface area (Å²) in [5.41, 5.74) is 7.25. The molecule has 35 heavy (non-hydrogen) atoms. The van der Waals surface area contributed by atoms with Crippen LogP contribution >= 0.6 is 11.3 Å². The highest BCUT2D eigenvalue weighted by Crippen LogP contribution is 2.35. The molecule has 0 aromatic carbocycles. The normalized spacial score (nSPS) is 22.7. The molecule has 3 aromatic rings. The highest BCUT2D eigenvalue weighted by Gasteiger charge is 2.34. The van der Waals surface area contributed by atoms with Crippen molar-refractivity contribution in [3.05, 3.63) is 23.3 Å². The van der Waals surface area contributed by atoms with Gasteiger partial charge in [0.1, 0.15) is 0 Å². The van der Waals surface area contributed by atoms with E-state index in [1.54, 1.807) is 28.0 Å². The van der Waals surface area contributed by atoms with E-state index in [2.05, 4.69) is 39.7 Å². The summed E-state index contributed by atoms with van der Waals surface area (Å²) in [6.45, 7) is 8.72. The molecule has 2 saturated heterocycles. The Balaban J connectivity index is 1.49. The molecular formula is C22H30N8O3S2. The number of hydrogen-bond donors (Lipinski definition) is 1. The molecule has 0 bridgehead atoms. The largest absolute Gasteiger partial charge is 0.378 e. The van der Waals surface area contributed by atoms with Gasteiger partial charge in [0, 0.05) is 62.1 Å². The zero-order valence-electron chi connectivity index (χ0n) is 20.1. The average Bonchev–Trinajstić information content (AvgIpc) is 3.23. The zero-order chi connectivity index (χ0) is 24.7. The second-order valence-electron chi connectivity index (χ2n) is 9.18. The van der Waals surface area contributed by atoms with Crippen LogP contribution in [0.4, 0.5) is 11.8 Å². The Labute approximate surface area is 209 Å². The number of nitrogens with zero attached hydrogens (tertiary/aromatic N) is 7. The fourth-order valence-electron chi connectivity index (χ4n) is 4.68. The number of hydrogen-bond acceptors (Lipinski definition) is 11. The molecule has 5 rings (SSSR count). The van der Waals surface area contributed by atoms with Crippen molar-refractivity contribution in [2.45, 2.75) is 32.5 Å². The van der Waals surface area contributed by atoms with Crippen LogP contribution in [0.3, 0.4) is 0 Å². The number of morpholine rings is 1. The molecule has 188 valence electrons. The summed E-state index contributed by atoms with van der Waals surface area (Å²) in [6.07, 6.45) is 4.57. The molecule has 2 atom stereocenters. The van der Waals surface area contributed by atoms with Crippen LogP contribution < -0.4 is 10.6 Å². The summed E-state index contributed by atoms with van der Waals surface area (Å²) < 4.78 is 32.3. The number of fused-ring (bicyclic) bond motifs is 1. The number of nitrogens with two attached hydrogens (primary N) is 1. The summed E-state index contributed by atoms with van der Waals surface area (Å²) in [7, 11) is -3.20. The maximum atomic E-state index is 12.1. The van der Waals surface area contributed by atoms with Gasteiger partial charge in [-0.05, 0) is 19.9 Å². The van der Waals surface area contributed by atoms with E-state index in [1.807, 2.05) is 0 Å². The third kappa shape index (κ3) is 5.09. The fraction of sp³-hybridized carbons (Fsp3) is 0.545. The second kappa shape index (κ2) is 9.54. The van der Waals surface area contributed by atoms with Crippen molar-refractivity contribution < 1.29 is 13.2 Å². The molecule has 0 unspecified atom stereocenters. The standard InChI is InChI=1S/C22H30N8O3S2/c1-14-11-29(35(3,31)32)12-15(2)30(14)13-17-8-18-19(34-17)21(28-4-6-33-7-5-28)27-20(26-18)16-9-24-22(23)25-10-16/h8-10,14-15H,4-7,11-13H2,1-3H3,(H2,23,24,25)/t14-,15+. The first kappa shape index (κ1) is 24.3. The molecule has 2 fully saturated rings.